The van der Waals surface area contributed by atoms with Crippen LogP contribution >= 0.6 is 0 Å². The fourth-order valence-electron chi connectivity index (χ4n) is 3.78. The number of carboxylic acids is 1. The highest BCUT2D eigenvalue weighted by atomic mass is 19.4. The SMILES string of the molecule is COC[C@@H]1C[C@@H](N2Cc3cnc(-c4cccc(C#N)c4)cc3C2=O)CN1.O=C(O)C(F)(F)F. The molecular formula is C22H21F3N4O4. The number of nitriles is 1. The summed E-state index contributed by atoms with van der Waals surface area (Å²) in [5.41, 5.74) is 3.83. The van der Waals surface area contributed by atoms with E-state index >= 15 is 0 Å². The average molecular weight is 462 g/mol. The van der Waals surface area contributed by atoms with E-state index in [1.165, 1.54) is 0 Å². The summed E-state index contributed by atoms with van der Waals surface area (Å²) < 4.78 is 36.9. The van der Waals surface area contributed by atoms with Crippen molar-refractivity contribution in [1.29, 1.82) is 5.26 Å². The predicted molar refractivity (Wildman–Crippen MR) is 110 cm³/mol. The Bertz CT molecular complexity index is 1080. The zero-order valence-electron chi connectivity index (χ0n) is 17.6. The van der Waals surface area contributed by atoms with Gasteiger partial charge in [0, 0.05) is 55.2 Å². The zero-order chi connectivity index (χ0) is 24.2. The van der Waals surface area contributed by atoms with E-state index in [0.29, 0.717) is 30.3 Å². The maximum absolute atomic E-state index is 12.9. The van der Waals surface area contributed by atoms with Crippen molar-refractivity contribution in [2.75, 3.05) is 20.3 Å². The molecule has 2 aromatic rings. The lowest BCUT2D eigenvalue weighted by molar-refractivity contribution is -0.192. The molecule has 2 aliphatic rings. The Kier molecular flexibility index (Phi) is 7.30. The highest BCUT2D eigenvalue weighted by Crippen LogP contribution is 2.30. The Labute approximate surface area is 187 Å². The van der Waals surface area contributed by atoms with Gasteiger partial charge in [0.25, 0.3) is 5.91 Å². The van der Waals surface area contributed by atoms with Crippen molar-refractivity contribution in [3.63, 3.8) is 0 Å². The molecule has 2 atom stereocenters. The number of halogens is 3. The molecule has 174 valence electrons. The molecule has 33 heavy (non-hydrogen) atoms. The molecule has 1 aromatic heterocycles. The number of carboxylic acid groups (broad SMARTS) is 1. The summed E-state index contributed by atoms with van der Waals surface area (Å²) in [6.07, 6.45) is -2.39. The van der Waals surface area contributed by atoms with Crippen LogP contribution in [0.15, 0.2) is 36.5 Å². The van der Waals surface area contributed by atoms with Crippen molar-refractivity contribution >= 4 is 11.9 Å². The summed E-state index contributed by atoms with van der Waals surface area (Å²) in [6, 6.07) is 11.8. The predicted octanol–water partition coefficient (Wildman–Crippen LogP) is 2.59. The van der Waals surface area contributed by atoms with E-state index in [0.717, 1.165) is 29.8 Å². The van der Waals surface area contributed by atoms with Gasteiger partial charge in [-0.25, -0.2) is 4.79 Å². The van der Waals surface area contributed by atoms with Crippen LogP contribution in [0.3, 0.4) is 0 Å². The molecule has 11 heteroatoms. The smallest absolute Gasteiger partial charge is 0.475 e. The molecule has 0 saturated carbocycles. The van der Waals surface area contributed by atoms with Crippen molar-refractivity contribution in [2.24, 2.45) is 0 Å². The number of methoxy groups -OCH3 is 1. The van der Waals surface area contributed by atoms with Crippen LogP contribution in [-0.4, -0.2) is 65.4 Å². The molecule has 2 N–H and O–H groups in total. The first-order chi connectivity index (χ1) is 15.6. The lowest BCUT2D eigenvalue weighted by Crippen LogP contribution is -2.36. The van der Waals surface area contributed by atoms with Crippen molar-refractivity contribution in [3.8, 4) is 17.3 Å². The van der Waals surface area contributed by atoms with E-state index in [9.17, 15) is 18.0 Å². The van der Waals surface area contributed by atoms with E-state index in [1.54, 1.807) is 25.4 Å². The summed E-state index contributed by atoms with van der Waals surface area (Å²) in [6.45, 7) is 2.05. The highest BCUT2D eigenvalue weighted by molar-refractivity contribution is 5.99. The third kappa shape index (κ3) is 5.66. The number of rotatable bonds is 4. The van der Waals surface area contributed by atoms with Gasteiger partial charge in [-0.2, -0.15) is 18.4 Å². The van der Waals surface area contributed by atoms with Crippen LogP contribution in [0.5, 0.6) is 0 Å². The average Bonchev–Trinajstić information content (AvgIpc) is 3.38. The first-order valence-electron chi connectivity index (χ1n) is 9.97. The van der Waals surface area contributed by atoms with Gasteiger partial charge in [0.1, 0.15) is 0 Å². The summed E-state index contributed by atoms with van der Waals surface area (Å²) in [4.78, 5) is 28.3. The number of pyridine rings is 1. The monoisotopic (exact) mass is 462 g/mol. The second-order valence-electron chi connectivity index (χ2n) is 7.61. The van der Waals surface area contributed by atoms with Gasteiger partial charge in [-0.1, -0.05) is 12.1 Å². The molecule has 0 unspecified atom stereocenters. The first kappa shape index (κ1) is 24.2. The second kappa shape index (κ2) is 9.97. The lowest BCUT2D eigenvalue weighted by Gasteiger charge is -2.23. The standard InChI is InChI=1S/C20H20N4O2.C2HF3O2/c1-26-12-16-6-17(10-22-16)24-11-15-9-23-19(7-18(15)20(24)25)14-4-2-3-13(5-14)8-21;3-2(4,5)1(6)7/h2-5,7,9,16-17,22H,6,10-12H2,1H3;(H,6,7)/t16-,17+;/m0./s1. The van der Waals surface area contributed by atoms with Gasteiger partial charge in [-0.05, 0) is 24.6 Å². The molecule has 1 saturated heterocycles. The number of aliphatic carboxylic acids is 1. The van der Waals surface area contributed by atoms with Crippen LogP contribution in [0.1, 0.15) is 27.9 Å². The molecule has 1 aromatic carbocycles. The van der Waals surface area contributed by atoms with E-state index in [-0.39, 0.29) is 11.9 Å². The Morgan fingerprint density at radius 3 is 2.76 bits per heavy atom. The van der Waals surface area contributed by atoms with Crippen molar-refractivity contribution in [2.45, 2.75) is 31.2 Å². The van der Waals surface area contributed by atoms with Crippen molar-refractivity contribution in [1.82, 2.24) is 15.2 Å². The zero-order valence-corrected chi connectivity index (χ0v) is 17.6. The van der Waals surface area contributed by atoms with Gasteiger partial charge in [0.15, 0.2) is 0 Å². The molecule has 0 radical (unpaired) electrons. The number of amides is 1. The summed E-state index contributed by atoms with van der Waals surface area (Å²) in [5.74, 6) is -2.70. The Hall–Kier alpha value is -3.49. The third-order valence-corrected chi connectivity index (χ3v) is 5.36. The summed E-state index contributed by atoms with van der Waals surface area (Å²) >= 11 is 0. The number of carbonyl (C=O) groups is 2. The molecular weight excluding hydrogens is 441 g/mol. The minimum atomic E-state index is -5.08. The van der Waals surface area contributed by atoms with Gasteiger partial charge in [0.05, 0.1) is 23.9 Å². The first-order valence-corrected chi connectivity index (χ1v) is 9.97. The van der Waals surface area contributed by atoms with E-state index in [2.05, 4.69) is 16.4 Å². The maximum atomic E-state index is 12.9. The number of ether oxygens (including phenoxy) is 1. The van der Waals surface area contributed by atoms with Gasteiger partial charge in [-0.3, -0.25) is 9.78 Å². The molecule has 0 bridgehead atoms. The number of alkyl halides is 3. The van der Waals surface area contributed by atoms with Crippen LogP contribution in [0, 0.1) is 11.3 Å². The molecule has 2 aliphatic heterocycles. The Morgan fingerprint density at radius 1 is 1.39 bits per heavy atom. The van der Waals surface area contributed by atoms with Gasteiger partial charge >= 0.3 is 12.1 Å². The van der Waals surface area contributed by atoms with Crippen molar-refractivity contribution < 1.29 is 32.6 Å². The van der Waals surface area contributed by atoms with E-state index < -0.39 is 12.1 Å². The van der Waals surface area contributed by atoms with Crippen LogP contribution in [0.2, 0.25) is 0 Å². The van der Waals surface area contributed by atoms with Crippen LogP contribution in [0.25, 0.3) is 11.3 Å². The van der Waals surface area contributed by atoms with E-state index in [4.69, 9.17) is 19.9 Å². The van der Waals surface area contributed by atoms with Crippen LogP contribution < -0.4 is 5.32 Å². The van der Waals surface area contributed by atoms with Crippen LogP contribution in [-0.2, 0) is 16.1 Å². The number of fused-ring (bicyclic) bond motifs is 1. The molecule has 0 aliphatic carbocycles. The number of nitrogens with one attached hydrogen (secondary N) is 1. The number of nitrogens with zero attached hydrogens (tertiary/aromatic N) is 3. The summed E-state index contributed by atoms with van der Waals surface area (Å²) in [7, 11) is 1.69. The molecule has 3 heterocycles. The third-order valence-electron chi connectivity index (χ3n) is 5.36. The lowest BCUT2D eigenvalue weighted by atomic mass is 10.0. The fourth-order valence-corrected chi connectivity index (χ4v) is 3.78. The molecule has 1 fully saturated rings. The number of hydrogen-bond donors (Lipinski definition) is 2. The van der Waals surface area contributed by atoms with Gasteiger partial charge in [-0.15, -0.1) is 0 Å². The minimum absolute atomic E-state index is 0.0601. The van der Waals surface area contributed by atoms with E-state index in [1.807, 2.05) is 23.1 Å². The summed E-state index contributed by atoms with van der Waals surface area (Å²) in [5, 5.41) is 19.6. The highest BCUT2D eigenvalue weighted by Gasteiger charge is 2.38. The van der Waals surface area contributed by atoms with Gasteiger partial charge in [0.2, 0.25) is 0 Å². The topological polar surface area (TPSA) is 116 Å². The number of carbonyl (C=O) groups excluding carboxylic acids is 1. The maximum Gasteiger partial charge on any atom is 0.490 e. The van der Waals surface area contributed by atoms with Gasteiger partial charge < -0.3 is 20.1 Å². The fraction of sp³-hybridized carbons (Fsp3) is 0.364. The van der Waals surface area contributed by atoms with Crippen molar-refractivity contribution in [3.05, 3.63) is 53.2 Å². The normalized spacial score (nSPS) is 19.5. The molecule has 8 nitrogen and oxygen atoms in total. The molecule has 4 rings (SSSR count). The Morgan fingerprint density at radius 2 is 2.12 bits per heavy atom. The quantitative estimate of drug-likeness (QED) is 0.718. The second-order valence-corrected chi connectivity index (χ2v) is 7.61. The largest absolute Gasteiger partial charge is 0.490 e. The number of hydrogen-bond acceptors (Lipinski definition) is 6. The molecule has 0 spiro atoms. The molecule has 1 amide bonds. The number of benzene rings is 1. The number of aromatic nitrogens is 1. The van der Waals surface area contributed by atoms with Crippen LogP contribution in [0.4, 0.5) is 13.2 Å². The minimum Gasteiger partial charge on any atom is -0.475 e. The Balaban J connectivity index is 0.000000383.